The van der Waals surface area contributed by atoms with Gasteiger partial charge in [-0.05, 0) is 37.3 Å². The molecular formula is C15H21N3O. The molecule has 0 radical (unpaired) electrons. The van der Waals surface area contributed by atoms with Crippen LogP contribution in [0.15, 0.2) is 18.2 Å². The first-order valence-electron chi connectivity index (χ1n) is 7.10. The van der Waals surface area contributed by atoms with Crippen LogP contribution in [0.3, 0.4) is 0 Å². The molecule has 1 unspecified atom stereocenters. The van der Waals surface area contributed by atoms with Gasteiger partial charge in [-0.2, -0.15) is 0 Å². The van der Waals surface area contributed by atoms with Crippen molar-refractivity contribution in [3.05, 3.63) is 23.8 Å². The molecule has 3 rings (SSSR count). The first-order chi connectivity index (χ1) is 9.16. The summed E-state index contributed by atoms with van der Waals surface area (Å²) in [5, 5.41) is 0. The van der Waals surface area contributed by atoms with Gasteiger partial charge in [-0.25, -0.2) is 4.79 Å². The Labute approximate surface area is 114 Å². The highest BCUT2D eigenvalue weighted by atomic mass is 16.2. The summed E-state index contributed by atoms with van der Waals surface area (Å²) in [7, 11) is 0. The van der Waals surface area contributed by atoms with E-state index >= 15 is 0 Å². The van der Waals surface area contributed by atoms with Gasteiger partial charge >= 0.3 is 6.03 Å². The third-order valence-electron chi connectivity index (χ3n) is 4.22. The first kappa shape index (κ1) is 12.3. The molecule has 1 aromatic rings. The van der Waals surface area contributed by atoms with Gasteiger partial charge in [-0.3, -0.25) is 4.90 Å². The summed E-state index contributed by atoms with van der Waals surface area (Å²) >= 11 is 0. The minimum atomic E-state index is 0.149. The maximum atomic E-state index is 12.6. The molecule has 102 valence electrons. The quantitative estimate of drug-likeness (QED) is 0.728. The Balaban J connectivity index is 1.81. The summed E-state index contributed by atoms with van der Waals surface area (Å²) in [6.45, 7) is 4.74. The number of hydrogen-bond acceptors (Lipinski definition) is 2. The van der Waals surface area contributed by atoms with Gasteiger partial charge in [-0.1, -0.05) is 13.0 Å². The summed E-state index contributed by atoms with van der Waals surface area (Å²) in [5.74, 6) is 0.612. The van der Waals surface area contributed by atoms with Crippen LogP contribution in [0.4, 0.5) is 16.2 Å². The van der Waals surface area contributed by atoms with Crippen molar-refractivity contribution in [2.75, 3.05) is 30.3 Å². The fourth-order valence-corrected chi connectivity index (χ4v) is 3.19. The molecule has 1 saturated heterocycles. The number of benzene rings is 1. The Morgan fingerprint density at radius 2 is 2.21 bits per heavy atom. The van der Waals surface area contributed by atoms with Crippen LogP contribution < -0.4 is 10.6 Å². The van der Waals surface area contributed by atoms with Crippen LogP contribution >= 0.6 is 0 Å². The number of nitrogens with two attached hydrogens (primary N) is 1. The highest BCUT2D eigenvalue weighted by Gasteiger charge is 2.30. The van der Waals surface area contributed by atoms with Crippen LogP contribution in [0.2, 0.25) is 0 Å². The lowest BCUT2D eigenvalue weighted by Gasteiger charge is -2.34. The second-order valence-electron chi connectivity index (χ2n) is 5.72. The number of nitrogen functional groups attached to an aromatic ring is 1. The molecule has 0 bridgehead atoms. The summed E-state index contributed by atoms with van der Waals surface area (Å²) in [6.07, 6.45) is 3.22. The molecule has 1 fully saturated rings. The molecule has 1 atom stereocenters. The molecule has 0 saturated carbocycles. The molecule has 0 aliphatic carbocycles. The topological polar surface area (TPSA) is 49.6 Å². The van der Waals surface area contributed by atoms with E-state index in [1.54, 1.807) is 0 Å². The SMILES string of the molecule is CC1CCCN(C(=O)N2CCc3c(N)cccc32)C1. The van der Waals surface area contributed by atoms with Crippen molar-refractivity contribution in [1.29, 1.82) is 0 Å². The largest absolute Gasteiger partial charge is 0.398 e. The number of anilines is 2. The standard InChI is InChI=1S/C15H21N3O/c1-11-4-3-8-17(10-11)15(19)18-9-7-12-13(16)5-2-6-14(12)18/h2,5-6,11H,3-4,7-10,16H2,1H3. The van der Waals surface area contributed by atoms with E-state index in [4.69, 9.17) is 5.73 Å². The van der Waals surface area contributed by atoms with Crippen molar-refractivity contribution in [2.24, 2.45) is 5.92 Å². The highest BCUT2D eigenvalue weighted by Crippen LogP contribution is 2.33. The number of rotatable bonds is 0. The molecule has 2 aliphatic heterocycles. The van der Waals surface area contributed by atoms with Crippen LogP contribution in [0, 0.1) is 5.92 Å². The van der Waals surface area contributed by atoms with Crippen molar-refractivity contribution in [3.63, 3.8) is 0 Å². The van der Waals surface area contributed by atoms with E-state index in [0.29, 0.717) is 5.92 Å². The van der Waals surface area contributed by atoms with Gasteiger partial charge in [0.25, 0.3) is 0 Å². The summed E-state index contributed by atoms with van der Waals surface area (Å²) < 4.78 is 0. The van der Waals surface area contributed by atoms with Crippen molar-refractivity contribution in [3.8, 4) is 0 Å². The number of likely N-dealkylation sites (tertiary alicyclic amines) is 1. The van der Waals surface area contributed by atoms with E-state index in [2.05, 4.69) is 6.92 Å². The zero-order valence-corrected chi connectivity index (χ0v) is 11.4. The van der Waals surface area contributed by atoms with Crippen LogP contribution in [-0.2, 0) is 6.42 Å². The van der Waals surface area contributed by atoms with E-state index in [-0.39, 0.29) is 6.03 Å². The third kappa shape index (κ3) is 2.15. The van der Waals surface area contributed by atoms with Crippen molar-refractivity contribution < 1.29 is 4.79 Å². The molecule has 2 aliphatic rings. The van der Waals surface area contributed by atoms with E-state index in [1.807, 2.05) is 28.0 Å². The van der Waals surface area contributed by atoms with Crippen molar-refractivity contribution in [2.45, 2.75) is 26.2 Å². The van der Waals surface area contributed by atoms with Gasteiger partial charge in [0.15, 0.2) is 0 Å². The molecule has 0 spiro atoms. The fraction of sp³-hybridized carbons (Fsp3) is 0.533. The Morgan fingerprint density at radius 1 is 1.37 bits per heavy atom. The molecule has 2 N–H and O–H groups in total. The number of fused-ring (bicyclic) bond motifs is 1. The number of piperidine rings is 1. The molecule has 0 aromatic heterocycles. The molecule has 2 amide bonds. The van der Waals surface area contributed by atoms with E-state index in [1.165, 1.54) is 6.42 Å². The van der Waals surface area contributed by atoms with Gasteiger partial charge in [0, 0.05) is 30.9 Å². The average molecular weight is 259 g/mol. The molecule has 2 heterocycles. The summed E-state index contributed by atoms with van der Waals surface area (Å²) in [5.41, 5.74) is 8.92. The van der Waals surface area contributed by atoms with E-state index in [0.717, 1.165) is 49.4 Å². The predicted octanol–water partition coefficient (Wildman–Crippen LogP) is 2.48. The minimum absolute atomic E-state index is 0.149. The zero-order valence-electron chi connectivity index (χ0n) is 11.4. The number of carbonyl (C=O) groups is 1. The Morgan fingerprint density at radius 3 is 3.00 bits per heavy atom. The van der Waals surface area contributed by atoms with Gasteiger partial charge in [0.1, 0.15) is 0 Å². The van der Waals surface area contributed by atoms with Crippen LogP contribution in [-0.4, -0.2) is 30.6 Å². The number of hydrogen-bond donors (Lipinski definition) is 1. The van der Waals surface area contributed by atoms with Gasteiger partial charge in [0.05, 0.1) is 5.69 Å². The second-order valence-corrected chi connectivity index (χ2v) is 5.72. The Bertz CT molecular complexity index is 500. The van der Waals surface area contributed by atoms with Gasteiger partial charge in [0.2, 0.25) is 0 Å². The lowest BCUT2D eigenvalue weighted by molar-refractivity contribution is 0.176. The molecular weight excluding hydrogens is 238 g/mol. The zero-order chi connectivity index (χ0) is 13.4. The summed E-state index contributed by atoms with van der Waals surface area (Å²) in [6, 6.07) is 5.99. The maximum absolute atomic E-state index is 12.6. The highest BCUT2D eigenvalue weighted by molar-refractivity contribution is 5.95. The Kier molecular flexibility index (Phi) is 3.09. The van der Waals surface area contributed by atoms with Crippen LogP contribution in [0.5, 0.6) is 0 Å². The van der Waals surface area contributed by atoms with Crippen LogP contribution in [0.1, 0.15) is 25.3 Å². The normalized spacial score (nSPS) is 22.5. The average Bonchev–Trinajstić information content (AvgIpc) is 2.83. The van der Waals surface area contributed by atoms with Crippen LogP contribution in [0.25, 0.3) is 0 Å². The third-order valence-corrected chi connectivity index (χ3v) is 4.22. The number of nitrogens with zero attached hydrogens (tertiary/aromatic N) is 2. The molecule has 19 heavy (non-hydrogen) atoms. The lowest BCUT2D eigenvalue weighted by Crippen LogP contribution is -2.46. The molecule has 1 aromatic carbocycles. The molecule has 4 heteroatoms. The fourth-order valence-electron chi connectivity index (χ4n) is 3.19. The second kappa shape index (κ2) is 4.76. The van der Waals surface area contributed by atoms with Crippen molar-refractivity contribution in [1.82, 2.24) is 4.90 Å². The maximum Gasteiger partial charge on any atom is 0.324 e. The molecule has 4 nitrogen and oxygen atoms in total. The smallest absolute Gasteiger partial charge is 0.324 e. The summed E-state index contributed by atoms with van der Waals surface area (Å²) in [4.78, 5) is 16.5. The van der Waals surface area contributed by atoms with E-state index < -0.39 is 0 Å². The lowest BCUT2D eigenvalue weighted by atomic mass is 10.0. The minimum Gasteiger partial charge on any atom is -0.398 e. The van der Waals surface area contributed by atoms with Gasteiger partial charge < -0.3 is 10.6 Å². The monoisotopic (exact) mass is 259 g/mol. The number of urea groups is 1. The van der Waals surface area contributed by atoms with Gasteiger partial charge in [-0.15, -0.1) is 0 Å². The van der Waals surface area contributed by atoms with E-state index in [9.17, 15) is 4.79 Å². The first-order valence-corrected chi connectivity index (χ1v) is 7.10. The number of amides is 2. The Hall–Kier alpha value is -1.71. The number of carbonyl (C=O) groups excluding carboxylic acids is 1. The predicted molar refractivity (Wildman–Crippen MR) is 77.3 cm³/mol. The van der Waals surface area contributed by atoms with Crippen molar-refractivity contribution >= 4 is 17.4 Å².